The van der Waals surface area contributed by atoms with Crippen LogP contribution >= 0.6 is 0 Å². The molecule has 2 heterocycles. The summed E-state index contributed by atoms with van der Waals surface area (Å²) >= 11 is 0. The maximum Gasteiger partial charge on any atom is 0.267 e. The van der Waals surface area contributed by atoms with E-state index in [1.807, 2.05) is 6.07 Å². The van der Waals surface area contributed by atoms with Crippen molar-refractivity contribution in [2.75, 3.05) is 18.4 Å². The van der Waals surface area contributed by atoms with Gasteiger partial charge in [-0.2, -0.15) is 5.10 Å². The largest absolute Gasteiger partial charge is 0.352 e. The van der Waals surface area contributed by atoms with Crippen LogP contribution in [0.15, 0.2) is 65.7 Å². The Morgan fingerprint density at radius 1 is 1.03 bits per heavy atom. The molecule has 1 saturated carbocycles. The van der Waals surface area contributed by atoms with E-state index < -0.39 is 17.5 Å². The predicted molar refractivity (Wildman–Crippen MR) is 130 cm³/mol. The molecule has 0 radical (unpaired) electrons. The van der Waals surface area contributed by atoms with Crippen LogP contribution < -0.4 is 21.5 Å². The van der Waals surface area contributed by atoms with Crippen LogP contribution in [0, 0.1) is 5.92 Å². The summed E-state index contributed by atoms with van der Waals surface area (Å²) < 4.78 is 1.12. The molecule has 1 fully saturated rings. The lowest BCUT2D eigenvalue weighted by atomic mass is 10.2. The van der Waals surface area contributed by atoms with Gasteiger partial charge in [-0.05, 0) is 62.2 Å². The SMILES string of the molecule is CC(C(=O)NCCNC(=O)c1ccc(NC(=O)C2CC2)cc1)n1nc(-c2cccnc2)ccc1=O. The minimum absolute atomic E-state index is 0.00781. The number of aromatic nitrogens is 3. The van der Waals surface area contributed by atoms with Crippen molar-refractivity contribution in [3.63, 3.8) is 0 Å². The molecule has 2 aromatic heterocycles. The standard InChI is InChI=1S/C25H26N6O4/c1-16(31-22(32)11-10-21(30-31)19-3-2-12-26-15-19)23(33)27-13-14-28-24(34)17-6-8-20(9-7-17)29-25(35)18-4-5-18/h2-3,6-12,15-16,18H,4-5,13-14H2,1H3,(H,27,33)(H,28,34)(H,29,35). The molecule has 0 spiro atoms. The topological polar surface area (TPSA) is 135 Å². The van der Waals surface area contributed by atoms with Crippen molar-refractivity contribution in [3.8, 4) is 11.3 Å². The maximum atomic E-state index is 12.6. The lowest BCUT2D eigenvalue weighted by molar-refractivity contribution is -0.124. The second kappa shape index (κ2) is 10.7. The Morgan fingerprint density at radius 3 is 2.46 bits per heavy atom. The van der Waals surface area contributed by atoms with Crippen molar-refractivity contribution >= 4 is 23.4 Å². The first kappa shape index (κ1) is 23.8. The Bertz CT molecular complexity index is 1270. The summed E-state index contributed by atoms with van der Waals surface area (Å²) in [5, 5.41) is 12.6. The van der Waals surface area contributed by atoms with E-state index in [-0.39, 0.29) is 30.8 Å². The van der Waals surface area contributed by atoms with E-state index in [0.717, 1.165) is 23.1 Å². The zero-order chi connectivity index (χ0) is 24.8. The van der Waals surface area contributed by atoms with Gasteiger partial charge in [0.1, 0.15) is 6.04 Å². The average Bonchev–Trinajstić information content (AvgIpc) is 3.73. The molecule has 1 atom stereocenters. The summed E-state index contributed by atoms with van der Waals surface area (Å²) in [6.07, 6.45) is 5.11. The van der Waals surface area contributed by atoms with E-state index in [1.165, 1.54) is 6.07 Å². The average molecular weight is 475 g/mol. The van der Waals surface area contributed by atoms with E-state index in [9.17, 15) is 19.2 Å². The fraction of sp³-hybridized carbons (Fsp3) is 0.280. The third kappa shape index (κ3) is 6.17. The summed E-state index contributed by atoms with van der Waals surface area (Å²) in [6, 6.07) is 12.3. The van der Waals surface area contributed by atoms with Crippen LogP contribution in [0.5, 0.6) is 0 Å². The minimum Gasteiger partial charge on any atom is -0.352 e. The summed E-state index contributed by atoms with van der Waals surface area (Å²) in [7, 11) is 0. The minimum atomic E-state index is -0.840. The van der Waals surface area contributed by atoms with Crippen LogP contribution in [0.3, 0.4) is 0 Å². The third-order valence-electron chi connectivity index (χ3n) is 5.60. The number of amides is 3. The zero-order valence-electron chi connectivity index (χ0n) is 19.2. The summed E-state index contributed by atoms with van der Waals surface area (Å²) in [5.41, 5.74) is 1.95. The van der Waals surface area contributed by atoms with Gasteiger partial charge in [-0.25, -0.2) is 4.68 Å². The number of carbonyl (C=O) groups excluding carboxylic acids is 3. The third-order valence-corrected chi connectivity index (χ3v) is 5.60. The summed E-state index contributed by atoms with van der Waals surface area (Å²) in [5.74, 6) is -0.578. The molecule has 1 aromatic carbocycles. The molecule has 10 heteroatoms. The van der Waals surface area contributed by atoms with Crippen LogP contribution in [-0.2, 0) is 9.59 Å². The number of anilines is 1. The van der Waals surface area contributed by atoms with Gasteiger partial charge >= 0.3 is 0 Å². The number of hydrogen-bond donors (Lipinski definition) is 3. The van der Waals surface area contributed by atoms with Gasteiger partial charge in [0.05, 0.1) is 5.69 Å². The highest BCUT2D eigenvalue weighted by Crippen LogP contribution is 2.30. The van der Waals surface area contributed by atoms with Crippen LogP contribution in [0.1, 0.15) is 36.2 Å². The number of nitrogens with zero attached hydrogens (tertiary/aromatic N) is 3. The highest BCUT2D eigenvalue weighted by molar-refractivity contribution is 5.96. The zero-order valence-corrected chi connectivity index (χ0v) is 19.2. The van der Waals surface area contributed by atoms with E-state index in [2.05, 4.69) is 26.0 Å². The Morgan fingerprint density at radius 2 is 1.77 bits per heavy atom. The Hall–Kier alpha value is -4.34. The fourth-order valence-electron chi connectivity index (χ4n) is 3.39. The highest BCUT2D eigenvalue weighted by atomic mass is 16.2. The first-order chi connectivity index (χ1) is 16.9. The molecule has 3 amide bonds. The van der Waals surface area contributed by atoms with Gasteiger partial charge in [0.25, 0.3) is 11.5 Å². The molecule has 4 rings (SSSR count). The first-order valence-corrected chi connectivity index (χ1v) is 11.4. The number of hydrogen-bond acceptors (Lipinski definition) is 6. The molecular weight excluding hydrogens is 448 g/mol. The molecule has 180 valence electrons. The molecular formula is C25H26N6O4. The molecule has 3 aromatic rings. The molecule has 3 N–H and O–H groups in total. The lowest BCUT2D eigenvalue weighted by Gasteiger charge is -2.15. The van der Waals surface area contributed by atoms with Gasteiger partial charge < -0.3 is 16.0 Å². The van der Waals surface area contributed by atoms with Crippen LogP contribution in [0.4, 0.5) is 5.69 Å². The molecule has 0 saturated heterocycles. The quantitative estimate of drug-likeness (QED) is 0.405. The summed E-state index contributed by atoms with van der Waals surface area (Å²) in [4.78, 5) is 53.0. The van der Waals surface area contributed by atoms with Gasteiger partial charge in [-0.15, -0.1) is 0 Å². The van der Waals surface area contributed by atoms with Crippen molar-refractivity contribution < 1.29 is 14.4 Å². The Labute approximate surface area is 201 Å². The predicted octanol–water partition coefficient (Wildman–Crippen LogP) is 1.76. The Kier molecular flexibility index (Phi) is 7.30. The number of pyridine rings is 1. The molecule has 1 aliphatic carbocycles. The second-order valence-electron chi connectivity index (χ2n) is 8.31. The van der Waals surface area contributed by atoms with Crippen molar-refractivity contribution in [2.24, 2.45) is 5.92 Å². The molecule has 1 aliphatic rings. The molecule has 0 bridgehead atoms. The summed E-state index contributed by atoms with van der Waals surface area (Å²) in [6.45, 7) is 1.97. The number of carbonyl (C=O) groups is 3. The van der Waals surface area contributed by atoms with Crippen molar-refractivity contribution in [3.05, 3.63) is 76.8 Å². The number of nitrogens with one attached hydrogen (secondary N) is 3. The van der Waals surface area contributed by atoms with Gasteiger partial charge in [-0.1, -0.05) is 0 Å². The lowest BCUT2D eigenvalue weighted by Crippen LogP contribution is -2.40. The molecule has 0 aliphatic heterocycles. The van der Waals surface area contributed by atoms with Crippen LogP contribution in [0.25, 0.3) is 11.3 Å². The van der Waals surface area contributed by atoms with Crippen molar-refractivity contribution in [2.45, 2.75) is 25.8 Å². The number of benzene rings is 1. The first-order valence-electron chi connectivity index (χ1n) is 11.4. The van der Waals surface area contributed by atoms with Gasteiger partial charge in [-0.3, -0.25) is 24.2 Å². The van der Waals surface area contributed by atoms with E-state index >= 15 is 0 Å². The smallest absolute Gasteiger partial charge is 0.267 e. The van der Waals surface area contributed by atoms with Crippen LogP contribution in [-0.4, -0.2) is 45.6 Å². The van der Waals surface area contributed by atoms with Gasteiger partial charge in [0.2, 0.25) is 11.8 Å². The Balaban J connectivity index is 1.25. The molecule has 10 nitrogen and oxygen atoms in total. The van der Waals surface area contributed by atoms with E-state index in [4.69, 9.17) is 0 Å². The van der Waals surface area contributed by atoms with Crippen molar-refractivity contribution in [1.29, 1.82) is 0 Å². The maximum absolute atomic E-state index is 12.6. The molecule has 1 unspecified atom stereocenters. The van der Waals surface area contributed by atoms with E-state index in [1.54, 1.807) is 55.7 Å². The molecule has 35 heavy (non-hydrogen) atoms. The monoisotopic (exact) mass is 474 g/mol. The van der Waals surface area contributed by atoms with E-state index in [0.29, 0.717) is 16.9 Å². The number of rotatable bonds is 9. The van der Waals surface area contributed by atoms with Crippen molar-refractivity contribution in [1.82, 2.24) is 25.4 Å². The normalized spacial score (nSPS) is 13.5. The van der Waals surface area contributed by atoms with Gasteiger partial charge in [0, 0.05) is 54.3 Å². The fourth-order valence-corrected chi connectivity index (χ4v) is 3.39. The second-order valence-corrected chi connectivity index (χ2v) is 8.31. The van der Waals surface area contributed by atoms with Crippen LogP contribution in [0.2, 0.25) is 0 Å². The highest BCUT2D eigenvalue weighted by Gasteiger charge is 2.29. The van der Waals surface area contributed by atoms with Gasteiger partial charge in [0.15, 0.2) is 0 Å².